The minimum atomic E-state index is -1.69. The van der Waals surface area contributed by atoms with Gasteiger partial charge in [0.1, 0.15) is 5.00 Å². The Balaban J connectivity index is 2.28. The molecule has 1 aromatic carbocycles. The van der Waals surface area contributed by atoms with Crippen LogP contribution in [0.4, 0.5) is 23.3 Å². The van der Waals surface area contributed by atoms with E-state index in [4.69, 9.17) is 5.73 Å². The molecule has 0 aliphatic carbocycles. The van der Waals surface area contributed by atoms with Gasteiger partial charge in [0, 0.05) is 0 Å². The molecule has 0 fully saturated rings. The molecule has 19 heavy (non-hydrogen) atoms. The molecule has 2 rings (SSSR count). The first-order valence-corrected chi connectivity index (χ1v) is 5.89. The molecule has 1 amide bonds. The van der Waals surface area contributed by atoms with Crippen LogP contribution in [0.5, 0.6) is 0 Å². The first-order valence-electron chi connectivity index (χ1n) is 5.08. The molecule has 8 heteroatoms. The van der Waals surface area contributed by atoms with Crippen LogP contribution in [0.25, 0.3) is 0 Å². The summed E-state index contributed by atoms with van der Waals surface area (Å²) in [6.07, 6.45) is 0. The summed E-state index contributed by atoms with van der Waals surface area (Å²) in [5, 5.41) is 2.83. The number of rotatable bonds is 2. The SMILES string of the molecule is Cc1nc(NC(=O)c2ccc(F)c(F)c2F)sc1N. The summed E-state index contributed by atoms with van der Waals surface area (Å²) in [6, 6.07) is 1.53. The Morgan fingerprint density at radius 3 is 2.58 bits per heavy atom. The van der Waals surface area contributed by atoms with E-state index in [0.717, 1.165) is 17.4 Å². The van der Waals surface area contributed by atoms with Crippen LogP contribution in [-0.4, -0.2) is 10.9 Å². The highest BCUT2D eigenvalue weighted by molar-refractivity contribution is 7.19. The van der Waals surface area contributed by atoms with Gasteiger partial charge in [-0.05, 0) is 19.1 Å². The zero-order chi connectivity index (χ0) is 14.2. The third kappa shape index (κ3) is 2.53. The van der Waals surface area contributed by atoms with Gasteiger partial charge in [-0.2, -0.15) is 0 Å². The number of thiazole rings is 1. The molecule has 0 aliphatic heterocycles. The highest BCUT2D eigenvalue weighted by Gasteiger charge is 2.19. The summed E-state index contributed by atoms with van der Waals surface area (Å²) in [5.41, 5.74) is 5.46. The second-order valence-corrected chi connectivity index (χ2v) is 4.68. The molecule has 0 saturated carbocycles. The summed E-state index contributed by atoms with van der Waals surface area (Å²) in [6.45, 7) is 1.64. The number of carbonyl (C=O) groups excluding carboxylic acids is 1. The van der Waals surface area contributed by atoms with E-state index in [1.807, 2.05) is 0 Å². The minimum Gasteiger partial charge on any atom is -0.389 e. The van der Waals surface area contributed by atoms with Crippen molar-refractivity contribution in [3.8, 4) is 0 Å². The van der Waals surface area contributed by atoms with Gasteiger partial charge < -0.3 is 5.73 Å². The molecule has 3 N–H and O–H groups in total. The largest absolute Gasteiger partial charge is 0.389 e. The number of amides is 1. The molecule has 0 unspecified atom stereocenters. The number of nitrogens with zero attached hydrogens (tertiary/aromatic N) is 1. The number of aromatic nitrogens is 1. The molecule has 1 heterocycles. The first kappa shape index (κ1) is 13.3. The summed E-state index contributed by atoms with van der Waals surface area (Å²) < 4.78 is 39.1. The van der Waals surface area contributed by atoms with Gasteiger partial charge in [-0.1, -0.05) is 11.3 Å². The number of carbonyl (C=O) groups is 1. The smallest absolute Gasteiger partial charge is 0.260 e. The predicted octanol–water partition coefficient (Wildman–Crippen LogP) is 2.70. The highest BCUT2D eigenvalue weighted by atomic mass is 32.1. The maximum absolute atomic E-state index is 13.4. The number of anilines is 2. The van der Waals surface area contributed by atoms with E-state index in [1.54, 1.807) is 6.92 Å². The van der Waals surface area contributed by atoms with Crippen LogP contribution in [0.15, 0.2) is 12.1 Å². The quantitative estimate of drug-likeness (QED) is 0.834. The number of nitrogens with two attached hydrogens (primary N) is 1. The van der Waals surface area contributed by atoms with Crippen molar-refractivity contribution in [1.29, 1.82) is 0 Å². The number of benzene rings is 1. The van der Waals surface area contributed by atoms with E-state index in [-0.39, 0.29) is 5.13 Å². The molecule has 100 valence electrons. The second-order valence-electron chi connectivity index (χ2n) is 3.65. The lowest BCUT2D eigenvalue weighted by Crippen LogP contribution is -2.15. The van der Waals surface area contributed by atoms with Crippen molar-refractivity contribution in [1.82, 2.24) is 4.98 Å². The molecule has 0 saturated heterocycles. The number of halogens is 3. The normalized spacial score (nSPS) is 10.5. The molecule has 1 aromatic heterocycles. The van der Waals surface area contributed by atoms with Gasteiger partial charge in [-0.25, -0.2) is 18.2 Å². The topological polar surface area (TPSA) is 68.0 Å². The Morgan fingerprint density at radius 2 is 2.00 bits per heavy atom. The van der Waals surface area contributed by atoms with E-state index < -0.39 is 28.9 Å². The fourth-order valence-corrected chi connectivity index (χ4v) is 2.06. The van der Waals surface area contributed by atoms with Gasteiger partial charge in [-0.15, -0.1) is 0 Å². The minimum absolute atomic E-state index is 0.157. The fourth-order valence-electron chi connectivity index (χ4n) is 1.33. The van der Waals surface area contributed by atoms with Crippen LogP contribution in [0, 0.1) is 24.4 Å². The van der Waals surface area contributed by atoms with Gasteiger partial charge in [0.2, 0.25) is 0 Å². The second kappa shape index (κ2) is 4.88. The van der Waals surface area contributed by atoms with Crippen molar-refractivity contribution >= 4 is 27.4 Å². The Hall–Kier alpha value is -2.09. The monoisotopic (exact) mass is 287 g/mol. The van der Waals surface area contributed by atoms with Crippen molar-refractivity contribution in [3.63, 3.8) is 0 Å². The van der Waals surface area contributed by atoms with Crippen molar-refractivity contribution in [2.75, 3.05) is 11.1 Å². The van der Waals surface area contributed by atoms with Crippen LogP contribution in [0.3, 0.4) is 0 Å². The van der Waals surface area contributed by atoms with Crippen LogP contribution in [0.2, 0.25) is 0 Å². The maximum atomic E-state index is 13.4. The Kier molecular flexibility index (Phi) is 3.43. The van der Waals surface area contributed by atoms with E-state index in [0.29, 0.717) is 16.8 Å². The molecule has 0 spiro atoms. The van der Waals surface area contributed by atoms with Crippen molar-refractivity contribution in [2.24, 2.45) is 0 Å². The number of nitrogen functional groups attached to an aromatic ring is 1. The summed E-state index contributed by atoms with van der Waals surface area (Å²) in [7, 11) is 0. The Labute approximate surface area is 110 Å². The lowest BCUT2D eigenvalue weighted by molar-refractivity contribution is 0.102. The van der Waals surface area contributed by atoms with Gasteiger partial charge >= 0.3 is 0 Å². The van der Waals surface area contributed by atoms with E-state index >= 15 is 0 Å². The molecular weight excluding hydrogens is 279 g/mol. The van der Waals surface area contributed by atoms with Crippen LogP contribution in [0.1, 0.15) is 16.1 Å². The average Bonchev–Trinajstić information content (AvgIpc) is 2.65. The molecule has 0 aliphatic rings. The molecule has 4 nitrogen and oxygen atoms in total. The molecular formula is C11H8F3N3OS. The molecule has 2 aromatic rings. The number of hydrogen-bond donors (Lipinski definition) is 2. The fraction of sp³-hybridized carbons (Fsp3) is 0.0909. The number of hydrogen-bond acceptors (Lipinski definition) is 4. The van der Waals surface area contributed by atoms with Gasteiger partial charge in [0.05, 0.1) is 11.3 Å². The van der Waals surface area contributed by atoms with E-state index in [9.17, 15) is 18.0 Å². The van der Waals surface area contributed by atoms with Gasteiger partial charge in [0.25, 0.3) is 5.91 Å². The lowest BCUT2D eigenvalue weighted by atomic mass is 10.2. The first-order chi connectivity index (χ1) is 8.90. The zero-order valence-electron chi connectivity index (χ0n) is 9.63. The standard InChI is InChI=1S/C11H8F3N3OS/c1-4-9(15)19-11(16-4)17-10(18)5-2-3-6(12)8(14)7(5)13/h2-3H,15H2,1H3,(H,16,17,18). The summed E-state index contributed by atoms with van der Waals surface area (Å²) in [4.78, 5) is 15.6. The van der Waals surface area contributed by atoms with E-state index in [1.165, 1.54) is 0 Å². The van der Waals surface area contributed by atoms with Crippen molar-refractivity contribution < 1.29 is 18.0 Å². The number of aryl methyl sites for hydroxylation is 1. The molecule has 0 bridgehead atoms. The third-order valence-corrected chi connectivity index (χ3v) is 3.23. The Morgan fingerprint density at radius 1 is 1.32 bits per heavy atom. The van der Waals surface area contributed by atoms with Crippen molar-refractivity contribution in [2.45, 2.75) is 6.92 Å². The van der Waals surface area contributed by atoms with Crippen LogP contribution < -0.4 is 11.1 Å². The average molecular weight is 287 g/mol. The highest BCUT2D eigenvalue weighted by Crippen LogP contribution is 2.25. The van der Waals surface area contributed by atoms with Crippen molar-refractivity contribution in [3.05, 3.63) is 40.8 Å². The van der Waals surface area contributed by atoms with E-state index in [2.05, 4.69) is 10.3 Å². The van der Waals surface area contributed by atoms with Crippen LogP contribution in [-0.2, 0) is 0 Å². The zero-order valence-corrected chi connectivity index (χ0v) is 10.4. The lowest BCUT2D eigenvalue weighted by Gasteiger charge is -2.04. The number of nitrogens with one attached hydrogen (secondary N) is 1. The van der Waals surface area contributed by atoms with Gasteiger partial charge in [-0.3, -0.25) is 10.1 Å². The summed E-state index contributed by atoms with van der Waals surface area (Å²) in [5.74, 6) is -5.52. The Bertz CT molecular complexity index is 637. The predicted molar refractivity (Wildman–Crippen MR) is 65.5 cm³/mol. The maximum Gasteiger partial charge on any atom is 0.260 e. The molecule has 0 atom stereocenters. The van der Waals surface area contributed by atoms with Crippen LogP contribution >= 0.6 is 11.3 Å². The summed E-state index contributed by atoms with van der Waals surface area (Å²) >= 11 is 0.995. The molecule has 0 radical (unpaired) electrons. The third-order valence-electron chi connectivity index (χ3n) is 2.33. The van der Waals surface area contributed by atoms with Gasteiger partial charge in [0.15, 0.2) is 22.6 Å².